The number of phenolic OH excluding ortho intramolecular Hbond substituents is 6. The van der Waals surface area contributed by atoms with E-state index in [-0.39, 0.29) is 0 Å². The SMILES string of the molecule is COc1cc(-c2ccc(-c3cccc(-c4ccc(-c5cc(OC)c(OC)c(OC)c5)cn4)c3)nc2)cc(OC)c1OC.Oc1cc(-c2ccc(-c3cccc(-c4ccc(-c5cc(O)c(O)c(O)c5)cn4)c3)nc2)cc(O)c1O. The van der Waals surface area contributed by atoms with Crippen molar-refractivity contribution in [2.24, 2.45) is 0 Å². The van der Waals surface area contributed by atoms with Crippen LogP contribution in [0.4, 0.5) is 0 Å². The zero-order valence-corrected chi connectivity index (χ0v) is 43.1. The summed E-state index contributed by atoms with van der Waals surface area (Å²) in [5.74, 6) is 0.657. The van der Waals surface area contributed by atoms with Crippen LogP contribution in [0.5, 0.6) is 69.0 Å². The van der Waals surface area contributed by atoms with Gasteiger partial charge in [-0.2, -0.15) is 0 Å². The molecule has 392 valence electrons. The van der Waals surface area contributed by atoms with Gasteiger partial charge >= 0.3 is 0 Å². The van der Waals surface area contributed by atoms with E-state index in [1.54, 1.807) is 67.2 Å². The van der Waals surface area contributed by atoms with E-state index in [4.69, 9.17) is 38.4 Å². The molecule has 6 aromatic carbocycles. The number of pyridine rings is 4. The molecule has 16 nitrogen and oxygen atoms in total. The molecule has 0 radical (unpaired) electrons. The number of hydrogen-bond acceptors (Lipinski definition) is 16. The van der Waals surface area contributed by atoms with Crippen LogP contribution in [-0.4, -0.2) is 93.2 Å². The lowest BCUT2D eigenvalue weighted by atomic mass is 10.0. The molecule has 0 aliphatic heterocycles. The average molecular weight is 1050 g/mol. The van der Waals surface area contributed by atoms with E-state index in [0.29, 0.717) is 68.1 Å². The maximum Gasteiger partial charge on any atom is 0.203 e. The topological polar surface area (TPSA) is 228 Å². The number of aromatic hydroxyl groups is 6. The largest absolute Gasteiger partial charge is 0.504 e. The van der Waals surface area contributed by atoms with Crippen LogP contribution < -0.4 is 28.4 Å². The van der Waals surface area contributed by atoms with Crippen molar-refractivity contribution in [1.82, 2.24) is 19.9 Å². The van der Waals surface area contributed by atoms with Gasteiger partial charge in [0.25, 0.3) is 0 Å². The summed E-state index contributed by atoms with van der Waals surface area (Å²) in [6.45, 7) is 0. The Bertz CT molecular complexity index is 3430. The van der Waals surface area contributed by atoms with Crippen LogP contribution in [0, 0.1) is 0 Å². The zero-order valence-electron chi connectivity index (χ0n) is 43.1. The van der Waals surface area contributed by atoms with E-state index in [9.17, 15) is 30.6 Å². The van der Waals surface area contributed by atoms with Gasteiger partial charge in [-0.3, -0.25) is 19.9 Å². The second-order valence-corrected chi connectivity index (χ2v) is 17.4. The molecule has 0 saturated carbocycles. The fraction of sp³-hybridized carbons (Fsp3) is 0.0968. The van der Waals surface area contributed by atoms with Gasteiger partial charge in [0.1, 0.15) is 0 Å². The Hall–Kier alpha value is -10.5. The molecule has 0 fully saturated rings. The number of methoxy groups -OCH3 is 6. The molecule has 6 N–H and O–H groups in total. The van der Waals surface area contributed by atoms with Crippen molar-refractivity contribution in [3.8, 4) is 159 Å². The summed E-state index contributed by atoms with van der Waals surface area (Å²) in [6, 6.07) is 44.2. The van der Waals surface area contributed by atoms with E-state index in [1.807, 2.05) is 116 Å². The Morgan fingerprint density at radius 2 is 0.500 bits per heavy atom. The molecular formula is C62H52N4O12. The van der Waals surface area contributed by atoms with E-state index < -0.39 is 34.5 Å². The molecule has 0 aliphatic rings. The molecule has 4 aromatic heterocycles. The smallest absolute Gasteiger partial charge is 0.203 e. The molecule has 0 amide bonds. The summed E-state index contributed by atoms with van der Waals surface area (Å²) in [5, 5.41) is 58.1. The molecule has 0 saturated heterocycles. The molecule has 16 heteroatoms. The third kappa shape index (κ3) is 11.0. The second kappa shape index (κ2) is 23.0. The van der Waals surface area contributed by atoms with Gasteiger partial charge in [0.05, 0.1) is 65.4 Å². The summed E-state index contributed by atoms with van der Waals surface area (Å²) in [6.07, 6.45) is 6.91. The Labute approximate surface area is 448 Å². The van der Waals surface area contributed by atoms with E-state index >= 15 is 0 Å². The normalized spacial score (nSPS) is 10.7. The highest BCUT2D eigenvalue weighted by atomic mass is 16.5. The van der Waals surface area contributed by atoms with E-state index in [1.165, 1.54) is 24.3 Å². The second-order valence-electron chi connectivity index (χ2n) is 17.4. The number of rotatable bonds is 14. The standard InChI is InChI=1S/C34H32N2O6.C28H20N2O6/c1-37-29-15-25(16-30(38-2)33(29)41-5)23-10-12-27(35-19-23)21-8-7-9-22(14-21)28-13-11-24(20-36-28)26-17-31(39-3)34(42-6)32(18-26)40-4;31-23-9-19(10-24(32)27(23)35)17-4-6-21(29-13-17)15-2-1-3-16(8-15)22-7-5-18(14-30-22)20-11-25(33)28(36)26(34)12-20/h7-20H,1-6H3;1-14,31-36H. The highest BCUT2D eigenvalue weighted by molar-refractivity contribution is 5.78. The Morgan fingerprint density at radius 3 is 0.705 bits per heavy atom. The Balaban J connectivity index is 0.000000192. The third-order valence-electron chi connectivity index (χ3n) is 12.8. The molecule has 0 spiro atoms. The zero-order chi connectivity index (χ0) is 55.0. The lowest BCUT2D eigenvalue weighted by molar-refractivity contribution is 0.324. The fourth-order valence-corrected chi connectivity index (χ4v) is 8.65. The summed E-state index contributed by atoms with van der Waals surface area (Å²) in [7, 11) is 9.58. The van der Waals surface area contributed by atoms with Gasteiger partial charge in [0.15, 0.2) is 57.5 Å². The lowest BCUT2D eigenvalue weighted by Crippen LogP contribution is -1.96. The quantitative estimate of drug-likeness (QED) is 0.0556. The summed E-state index contributed by atoms with van der Waals surface area (Å²) >= 11 is 0. The third-order valence-corrected chi connectivity index (χ3v) is 12.8. The first-order valence-electron chi connectivity index (χ1n) is 24.0. The summed E-state index contributed by atoms with van der Waals surface area (Å²) in [5.41, 5.74) is 12.8. The molecule has 0 aliphatic carbocycles. The average Bonchev–Trinajstić information content (AvgIpc) is 3.55. The minimum atomic E-state index is -0.568. The van der Waals surface area contributed by atoms with Gasteiger partial charge in [-0.25, -0.2) is 0 Å². The number of benzene rings is 6. The van der Waals surface area contributed by atoms with Crippen molar-refractivity contribution in [2.45, 2.75) is 0 Å². The molecule has 4 heterocycles. The molecule has 78 heavy (non-hydrogen) atoms. The predicted molar refractivity (Wildman–Crippen MR) is 297 cm³/mol. The molecule has 0 atom stereocenters. The Kier molecular flexibility index (Phi) is 15.4. The minimum Gasteiger partial charge on any atom is -0.504 e. The number of phenols is 6. The first-order chi connectivity index (χ1) is 37.8. The molecular weight excluding hydrogens is 993 g/mol. The van der Waals surface area contributed by atoms with E-state index in [2.05, 4.69) is 16.0 Å². The monoisotopic (exact) mass is 1040 g/mol. The van der Waals surface area contributed by atoms with Crippen molar-refractivity contribution < 1.29 is 59.1 Å². The molecule has 0 bridgehead atoms. The van der Waals surface area contributed by atoms with Crippen LogP contribution >= 0.6 is 0 Å². The van der Waals surface area contributed by atoms with Gasteiger partial charge in [0, 0.05) is 69.3 Å². The van der Waals surface area contributed by atoms with E-state index in [0.717, 1.165) is 55.9 Å². The lowest BCUT2D eigenvalue weighted by Gasteiger charge is -2.14. The van der Waals surface area contributed by atoms with Crippen LogP contribution in [-0.2, 0) is 0 Å². The highest BCUT2D eigenvalue weighted by Crippen LogP contribution is 2.44. The number of ether oxygens (including phenoxy) is 6. The minimum absolute atomic E-state index is 0.417. The molecule has 0 unspecified atom stereocenters. The first kappa shape index (κ1) is 52.4. The maximum absolute atomic E-state index is 9.76. The maximum atomic E-state index is 9.76. The van der Waals surface area contributed by atoms with Gasteiger partial charge in [-0.15, -0.1) is 0 Å². The number of hydrogen-bond donors (Lipinski definition) is 6. The van der Waals surface area contributed by atoms with Crippen LogP contribution in [0.3, 0.4) is 0 Å². The van der Waals surface area contributed by atoms with Crippen molar-refractivity contribution in [1.29, 1.82) is 0 Å². The molecule has 10 rings (SSSR count). The predicted octanol–water partition coefficient (Wildman–Crippen LogP) is 12.6. The fourth-order valence-electron chi connectivity index (χ4n) is 8.65. The van der Waals surface area contributed by atoms with Gasteiger partial charge in [-0.05, 0) is 107 Å². The van der Waals surface area contributed by atoms with Crippen LogP contribution in [0.25, 0.3) is 89.5 Å². The van der Waals surface area contributed by atoms with Crippen LogP contribution in [0.2, 0.25) is 0 Å². The molecule has 10 aromatic rings. The van der Waals surface area contributed by atoms with Crippen molar-refractivity contribution in [2.75, 3.05) is 42.7 Å². The highest BCUT2D eigenvalue weighted by Gasteiger charge is 2.18. The van der Waals surface area contributed by atoms with Gasteiger partial charge < -0.3 is 59.1 Å². The number of nitrogens with zero attached hydrogens (tertiary/aromatic N) is 4. The van der Waals surface area contributed by atoms with Gasteiger partial charge in [0.2, 0.25) is 11.5 Å². The van der Waals surface area contributed by atoms with Gasteiger partial charge in [-0.1, -0.05) is 60.7 Å². The number of aromatic nitrogens is 4. The summed E-state index contributed by atoms with van der Waals surface area (Å²) in [4.78, 5) is 18.5. The summed E-state index contributed by atoms with van der Waals surface area (Å²) < 4.78 is 32.9. The van der Waals surface area contributed by atoms with Crippen LogP contribution in [0.1, 0.15) is 0 Å². The Morgan fingerprint density at radius 1 is 0.256 bits per heavy atom. The van der Waals surface area contributed by atoms with Crippen LogP contribution in [0.15, 0.2) is 170 Å². The van der Waals surface area contributed by atoms with Crippen molar-refractivity contribution >= 4 is 0 Å². The first-order valence-corrected chi connectivity index (χ1v) is 24.0. The van der Waals surface area contributed by atoms with Crippen molar-refractivity contribution in [3.05, 3.63) is 170 Å². The van der Waals surface area contributed by atoms with Crippen molar-refractivity contribution in [3.63, 3.8) is 0 Å².